The zero-order valence-electron chi connectivity index (χ0n) is 11.6. The number of likely N-dealkylation sites (tertiary alicyclic amines) is 1. The van der Waals surface area contributed by atoms with Gasteiger partial charge in [0.05, 0.1) is 0 Å². The summed E-state index contributed by atoms with van der Waals surface area (Å²) in [7, 11) is 0. The van der Waals surface area contributed by atoms with E-state index in [0.717, 1.165) is 12.6 Å². The lowest BCUT2D eigenvalue weighted by Crippen LogP contribution is -2.40. The summed E-state index contributed by atoms with van der Waals surface area (Å²) in [5, 5.41) is 0. The van der Waals surface area contributed by atoms with Crippen LogP contribution in [0, 0.1) is 5.41 Å². The molecule has 1 heteroatoms. The molecular formula is C16H25N. The van der Waals surface area contributed by atoms with Crippen LogP contribution in [0.4, 0.5) is 0 Å². The second-order valence-electron chi connectivity index (χ2n) is 6.22. The fraction of sp³-hybridized carbons (Fsp3) is 0.625. The second kappa shape index (κ2) is 4.81. The maximum absolute atomic E-state index is 2.69. The van der Waals surface area contributed by atoms with Crippen LogP contribution < -0.4 is 0 Å². The van der Waals surface area contributed by atoms with Crippen molar-refractivity contribution in [3.05, 3.63) is 35.9 Å². The van der Waals surface area contributed by atoms with Crippen molar-refractivity contribution in [2.24, 2.45) is 5.41 Å². The molecular weight excluding hydrogens is 206 g/mol. The van der Waals surface area contributed by atoms with Crippen molar-refractivity contribution in [1.82, 2.24) is 4.90 Å². The molecule has 94 valence electrons. The van der Waals surface area contributed by atoms with Crippen molar-refractivity contribution in [1.29, 1.82) is 0 Å². The predicted molar refractivity (Wildman–Crippen MR) is 74.0 cm³/mol. The molecule has 1 fully saturated rings. The predicted octanol–water partition coefficient (Wildman–Crippen LogP) is 4.26. The molecule has 0 spiro atoms. The molecule has 0 amide bonds. The summed E-state index contributed by atoms with van der Waals surface area (Å²) in [6.07, 6.45) is 2.64. The first-order chi connectivity index (χ1) is 8.04. The van der Waals surface area contributed by atoms with Crippen molar-refractivity contribution in [2.75, 3.05) is 6.54 Å². The minimum Gasteiger partial charge on any atom is -0.293 e. The largest absolute Gasteiger partial charge is 0.293 e. The van der Waals surface area contributed by atoms with Crippen molar-refractivity contribution in [2.45, 2.75) is 52.6 Å². The quantitative estimate of drug-likeness (QED) is 0.735. The van der Waals surface area contributed by atoms with Crippen LogP contribution in [0.15, 0.2) is 30.3 Å². The van der Waals surface area contributed by atoms with E-state index in [-0.39, 0.29) is 0 Å². The summed E-state index contributed by atoms with van der Waals surface area (Å²) in [5.41, 5.74) is 1.88. The molecule has 0 bridgehead atoms. The fourth-order valence-corrected chi connectivity index (χ4v) is 3.27. The Bertz CT molecular complexity index is 350. The van der Waals surface area contributed by atoms with Gasteiger partial charge in [-0.3, -0.25) is 4.90 Å². The number of hydrogen-bond donors (Lipinski definition) is 0. The Morgan fingerprint density at radius 1 is 1.12 bits per heavy atom. The minimum absolute atomic E-state index is 0.388. The van der Waals surface area contributed by atoms with Gasteiger partial charge in [0.25, 0.3) is 0 Å². The molecule has 0 aliphatic carbocycles. The van der Waals surface area contributed by atoms with Crippen molar-refractivity contribution in [3.8, 4) is 0 Å². The highest BCUT2D eigenvalue weighted by atomic mass is 15.2. The molecule has 0 aromatic heterocycles. The van der Waals surface area contributed by atoms with Crippen molar-refractivity contribution < 1.29 is 0 Å². The van der Waals surface area contributed by atoms with E-state index >= 15 is 0 Å². The molecule has 17 heavy (non-hydrogen) atoms. The molecule has 2 atom stereocenters. The Morgan fingerprint density at radius 2 is 1.76 bits per heavy atom. The highest BCUT2D eigenvalue weighted by Crippen LogP contribution is 2.42. The van der Waals surface area contributed by atoms with Crippen LogP contribution in [0.3, 0.4) is 0 Å². The van der Waals surface area contributed by atoms with Crippen molar-refractivity contribution in [3.63, 3.8) is 0 Å². The summed E-state index contributed by atoms with van der Waals surface area (Å²) in [6.45, 7) is 10.6. The molecule has 1 aliphatic heterocycles. The molecule has 0 N–H and O–H groups in total. The van der Waals surface area contributed by atoms with Crippen LogP contribution in [0.1, 0.15) is 52.1 Å². The van der Waals surface area contributed by atoms with Gasteiger partial charge in [-0.1, -0.05) is 58.0 Å². The minimum atomic E-state index is 0.388. The molecule has 1 heterocycles. The number of hydrogen-bond acceptors (Lipinski definition) is 1. The molecule has 1 nitrogen and oxygen atoms in total. The molecule has 1 saturated heterocycles. The van der Waals surface area contributed by atoms with E-state index in [2.05, 4.69) is 62.9 Å². The van der Waals surface area contributed by atoms with E-state index < -0.39 is 0 Å². The van der Waals surface area contributed by atoms with Gasteiger partial charge in [0.1, 0.15) is 0 Å². The Kier molecular flexibility index (Phi) is 3.58. The lowest BCUT2D eigenvalue weighted by molar-refractivity contribution is 0.114. The first-order valence-corrected chi connectivity index (χ1v) is 6.84. The maximum atomic E-state index is 2.69. The second-order valence-corrected chi connectivity index (χ2v) is 6.22. The number of benzene rings is 1. The summed E-state index contributed by atoms with van der Waals surface area (Å²) >= 11 is 0. The first-order valence-electron chi connectivity index (χ1n) is 6.84. The molecule has 0 saturated carbocycles. The average molecular weight is 231 g/mol. The van der Waals surface area contributed by atoms with Gasteiger partial charge in [0, 0.05) is 12.1 Å². The average Bonchev–Trinajstić information content (AvgIpc) is 2.73. The SMILES string of the molecule is CCN1C(c2ccccc2)CCC1C(C)(C)C. The van der Waals surface area contributed by atoms with E-state index in [1.165, 1.54) is 18.4 Å². The Balaban J connectivity index is 2.22. The van der Waals surface area contributed by atoms with Crippen LogP contribution in [0.2, 0.25) is 0 Å². The van der Waals surface area contributed by atoms with E-state index in [0.29, 0.717) is 11.5 Å². The van der Waals surface area contributed by atoms with E-state index in [1.807, 2.05) is 0 Å². The van der Waals surface area contributed by atoms with Gasteiger partial charge < -0.3 is 0 Å². The first kappa shape index (κ1) is 12.6. The third-order valence-corrected chi connectivity index (χ3v) is 4.06. The Labute approximate surface area is 106 Å². The number of rotatable bonds is 2. The van der Waals surface area contributed by atoms with E-state index in [1.54, 1.807) is 0 Å². The van der Waals surface area contributed by atoms with Gasteiger partial charge in [-0.15, -0.1) is 0 Å². The van der Waals surface area contributed by atoms with Crippen molar-refractivity contribution >= 4 is 0 Å². The summed E-state index contributed by atoms with van der Waals surface area (Å²) in [4.78, 5) is 2.69. The third kappa shape index (κ3) is 2.55. The van der Waals surface area contributed by atoms with Gasteiger partial charge in [-0.05, 0) is 30.4 Å². The van der Waals surface area contributed by atoms with Gasteiger partial charge >= 0.3 is 0 Å². The summed E-state index contributed by atoms with van der Waals surface area (Å²) in [6, 6.07) is 12.3. The Hall–Kier alpha value is -0.820. The maximum Gasteiger partial charge on any atom is 0.0351 e. The van der Waals surface area contributed by atoms with Gasteiger partial charge in [-0.2, -0.15) is 0 Å². The third-order valence-electron chi connectivity index (χ3n) is 4.06. The summed E-state index contributed by atoms with van der Waals surface area (Å²) < 4.78 is 0. The molecule has 0 radical (unpaired) electrons. The highest BCUT2D eigenvalue weighted by Gasteiger charge is 2.39. The van der Waals surface area contributed by atoms with Crippen LogP contribution in [-0.2, 0) is 0 Å². The molecule has 1 aromatic carbocycles. The smallest absolute Gasteiger partial charge is 0.0351 e. The van der Waals surface area contributed by atoms with Gasteiger partial charge in [-0.25, -0.2) is 0 Å². The van der Waals surface area contributed by atoms with Crippen LogP contribution in [0.25, 0.3) is 0 Å². The van der Waals surface area contributed by atoms with Gasteiger partial charge in [0.15, 0.2) is 0 Å². The van der Waals surface area contributed by atoms with E-state index in [4.69, 9.17) is 0 Å². The zero-order valence-corrected chi connectivity index (χ0v) is 11.6. The van der Waals surface area contributed by atoms with Crippen LogP contribution >= 0.6 is 0 Å². The lowest BCUT2D eigenvalue weighted by atomic mass is 9.85. The molecule has 2 rings (SSSR count). The van der Waals surface area contributed by atoms with Crippen LogP contribution in [0.5, 0.6) is 0 Å². The number of nitrogens with zero attached hydrogens (tertiary/aromatic N) is 1. The fourth-order valence-electron chi connectivity index (χ4n) is 3.27. The molecule has 1 aromatic rings. The Morgan fingerprint density at radius 3 is 2.29 bits per heavy atom. The summed E-state index contributed by atoms with van der Waals surface area (Å²) in [5.74, 6) is 0. The van der Waals surface area contributed by atoms with E-state index in [9.17, 15) is 0 Å². The van der Waals surface area contributed by atoms with Crippen LogP contribution in [-0.4, -0.2) is 17.5 Å². The highest BCUT2D eigenvalue weighted by molar-refractivity contribution is 5.21. The monoisotopic (exact) mass is 231 g/mol. The standard InChI is InChI=1S/C16H25N/c1-5-17-14(13-9-7-6-8-10-13)11-12-15(17)16(2,3)4/h6-10,14-15H,5,11-12H2,1-4H3. The lowest BCUT2D eigenvalue weighted by Gasteiger charge is -2.37. The molecule has 1 aliphatic rings. The van der Waals surface area contributed by atoms with Gasteiger partial charge in [0.2, 0.25) is 0 Å². The topological polar surface area (TPSA) is 3.24 Å². The normalized spacial score (nSPS) is 26.4. The zero-order chi connectivity index (χ0) is 12.5. The molecule has 2 unspecified atom stereocenters.